The summed E-state index contributed by atoms with van der Waals surface area (Å²) in [4.78, 5) is 2.53. The Morgan fingerprint density at radius 2 is 1.64 bits per heavy atom. The van der Waals surface area contributed by atoms with Gasteiger partial charge < -0.3 is 10.0 Å². The molecule has 0 atom stereocenters. The fourth-order valence-electron chi connectivity index (χ4n) is 2.34. The van der Waals surface area contributed by atoms with E-state index in [1.807, 2.05) is 0 Å². The Bertz CT molecular complexity index is 140. The minimum atomic E-state index is 0.164. The number of hydrogen-bond donors (Lipinski definition) is 1. The molecular formula is C12H25NO. The third-order valence-corrected chi connectivity index (χ3v) is 3.84. The Kier molecular flexibility index (Phi) is 4.90. The van der Waals surface area contributed by atoms with Gasteiger partial charge >= 0.3 is 0 Å². The average molecular weight is 199 g/mol. The molecule has 14 heavy (non-hydrogen) atoms. The highest BCUT2D eigenvalue weighted by Crippen LogP contribution is 2.28. The molecule has 1 N–H and O–H groups in total. The zero-order valence-electron chi connectivity index (χ0n) is 9.76. The molecule has 1 aliphatic heterocycles. The molecule has 0 bridgehead atoms. The van der Waals surface area contributed by atoms with Crippen LogP contribution in [0.15, 0.2) is 0 Å². The topological polar surface area (TPSA) is 23.5 Å². The van der Waals surface area contributed by atoms with Crippen LogP contribution in [0.1, 0.15) is 46.0 Å². The number of hydrogen-bond acceptors (Lipinski definition) is 2. The highest BCUT2D eigenvalue weighted by Gasteiger charge is 2.28. The van der Waals surface area contributed by atoms with Crippen molar-refractivity contribution in [3.63, 3.8) is 0 Å². The smallest absolute Gasteiger partial charge is 0.0499 e. The molecule has 0 unspecified atom stereocenters. The van der Waals surface area contributed by atoms with Crippen molar-refractivity contribution in [3.05, 3.63) is 0 Å². The van der Waals surface area contributed by atoms with Crippen molar-refractivity contribution >= 4 is 0 Å². The molecule has 0 amide bonds. The van der Waals surface area contributed by atoms with Gasteiger partial charge in [0, 0.05) is 18.6 Å². The van der Waals surface area contributed by atoms with Gasteiger partial charge in [-0.15, -0.1) is 0 Å². The van der Waals surface area contributed by atoms with E-state index in [2.05, 4.69) is 18.7 Å². The van der Waals surface area contributed by atoms with Gasteiger partial charge in [0.25, 0.3) is 0 Å². The minimum absolute atomic E-state index is 0.164. The summed E-state index contributed by atoms with van der Waals surface area (Å²) in [6.45, 7) is 8.31. The van der Waals surface area contributed by atoms with E-state index in [1.165, 1.54) is 32.4 Å². The van der Waals surface area contributed by atoms with Gasteiger partial charge in [0.2, 0.25) is 0 Å². The molecule has 1 saturated heterocycles. The van der Waals surface area contributed by atoms with E-state index in [1.54, 1.807) is 0 Å². The molecule has 0 saturated carbocycles. The maximum Gasteiger partial charge on any atom is 0.0499 e. The molecule has 0 aromatic rings. The van der Waals surface area contributed by atoms with Crippen LogP contribution in [-0.4, -0.2) is 36.2 Å². The summed E-state index contributed by atoms with van der Waals surface area (Å²) in [6, 6.07) is 0. The van der Waals surface area contributed by atoms with Crippen molar-refractivity contribution in [2.24, 2.45) is 5.41 Å². The quantitative estimate of drug-likeness (QED) is 0.734. The Hall–Kier alpha value is -0.0800. The predicted octanol–water partition coefficient (Wildman–Crippen LogP) is 2.27. The first-order valence-electron chi connectivity index (χ1n) is 6.09. The lowest BCUT2D eigenvalue weighted by atomic mass is 9.82. The Morgan fingerprint density at radius 3 is 2.07 bits per heavy atom. The number of nitrogens with zero attached hydrogens (tertiary/aromatic N) is 1. The van der Waals surface area contributed by atoms with Crippen molar-refractivity contribution in [3.8, 4) is 0 Å². The summed E-state index contributed by atoms with van der Waals surface area (Å²) in [5.74, 6) is 0. The van der Waals surface area contributed by atoms with E-state index in [9.17, 15) is 5.11 Å². The number of piperidine rings is 1. The normalized spacial score (nSPS) is 19.9. The van der Waals surface area contributed by atoms with Crippen LogP contribution < -0.4 is 0 Å². The summed E-state index contributed by atoms with van der Waals surface area (Å²) in [6.07, 6.45) is 6.26. The molecule has 0 aliphatic carbocycles. The van der Waals surface area contributed by atoms with Crippen LogP contribution >= 0.6 is 0 Å². The summed E-state index contributed by atoms with van der Waals surface area (Å²) in [7, 11) is 0. The Labute approximate surface area is 88.3 Å². The molecule has 1 aliphatic rings. The number of aliphatic hydroxyl groups excluding tert-OH is 1. The summed E-state index contributed by atoms with van der Waals surface area (Å²) in [5.41, 5.74) is 0.164. The lowest BCUT2D eigenvalue weighted by Gasteiger charge is -2.37. The number of aliphatic hydroxyl groups is 1. The Morgan fingerprint density at radius 1 is 1.07 bits per heavy atom. The van der Waals surface area contributed by atoms with E-state index in [4.69, 9.17) is 0 Å². The summed E-state index contributed by atoms with van der Waals surface area (Å²) in [5, 5.41) is 9.48. The number of rotatable bonds is 5. The lowest BCUT2D eigenvalue weighted by Crippen LogP contribution is -2.42. The molecule has 0 aromatic carbocycles. The van der Waals surface area contributed by atoms with Crippen LogP contribution in [0.3, 0.4) is 0 Å². The average Bonchev–Trinajstić information content (AvgIpc) is 2.28. The zero-order chi connectivity index (χ0) is 10.4. The molecule has 0 radical (unpaired) electrons. The molecule has 2 nitrogen and oxygen atoms in total. The number of likely N-dealkylation sites (tertiary alicyclic amines) is 1. The zero-order valence-corrected chi connectivity index (χ0v) is 9.76. The highest BCUT2D eigenvalue weighted by atomic mass is 16.3. The van der Waals surface area contributed by atoms with Crippen molar-refractivity contribution in [2.45, 2.75) is 46.0 Å². The van der Waals surface area contributed by atoms with Crippen LogP contribution in [0.4, 0.5) is 0 Å². The maximum absolute atomic E-state index is 9.48. The van der Waals surface area contributed by atoms with Gasteiger partial charge in [-0.2, -0.15) is 0 Å². The fraction of sp³-hybridized carbons (Fsp3) is 1.00. The SMILES string of the molecule is CCC(CC)(CO)CN1CCCCC1. The third kappa shape index (κ3) is 2.96. The van der Waals surface area contributed by atoms with E-state index in [0.29, 0.717) is 6.61 Å². The van der Waals surface area contributed by atoms with E-state index in [0.717, 1.165) is 19.4 Å². The van der Waals surface area contributed by atoms with Crippen LogP contribution in [-0.2, 0) is 0 Å². The molecule has 84 valence electrons. The van der Waals surface area contributed by atoms with Gasteiger partial charge in [-0.3, -0.25) is 0 Å². The van der Waals surface area contributed by atoms with Crippen molar-refractivity contribution in [2.75, 3.05) is 26.2 Å². The van der Waals surface area contributed by atoms with E-state index < -0.39 is 0 Å². The van der Waals surface area contributed by atoms with Crippen LogP contribution in [0.25, 0.3) is 0 Å². The summed E-state index contributed by atoms with van der Waals surface area (Å²) < 4.78 is 0. The van der Waals surface area contributed by atoms with Gasteiger partial charge in [0.05, 0.1) is 0 Å². The monoisotopic (exact) mass is 199 g/mol. The third-order valence-electron chi connectivity index (χ3n) is 3.84. The van der Waals surface area contributed by atoms with E-state index in [-0.39, 0.29) is 5.41 Å². The van der Waals surface area contributed by atoms with Gasteiger partial charge in [-0.05, 0) is 38.8 Å². The molecule has 1 rings (SSSR count). The first-order chi connectivity index (χ1) is 6.76. The van der Waals surface area contributed by atoms with Gasteiger partial charge in [-0.25, -0.2) is 0 Å². The highest BCUT2D eigenvalue weighted by molar-refractivity contribution is 4.81. The molecule has 1 fully saturated rings. The molecule has 0 aromatic heterocycles. The van der Waals surface area contributed by atoms with Crippen LogP contribution in [0.2, 0.25) is 0 Å². The second-order valence-electron chi connectivity index (χ2n) is 4.70. The van der Waals surface area contributed by atoms with Crippen LogP contribution in [0, 0.1) is 5.41 Å². The van der Waals surface area contributed by atoms with Gasteiger partial charge in [-0.1, -0.05) is 20.3 Å². The predicted molar refractivity (Wildman–Crippen MR) is 60.4 cm³/mol. The molecule has 1 heterocycles. The molecule has 2 heteroatoms. The van der Waals surface area contributed by atoms with E-state index >= 15 is 0 Å². The largest absolute Gasteiger partial charge is 0.396 e. The Balaban J connectivity index is 2.44. The summed E-state index contributed by atoms with van der Waals surface area (Å²) >= 11 is 0. The van der Waals surface area contributed by atoms with Crippen molar-refractivity contribution < 1.29 is 5.11 Å². The standard InChI is InChI=1S/C12H25NO/c1-3-12(4-2,11-14)10-13-8-6-5-7-9-13/h14H,3-11H2,1-2H3. The molecular weight excluding hydrogens is 174 g/mol. The van der Waals surface area contributed by atoms with Gasteiger partial charge in [0.15, 0.2) is 0 Å². The van der Waals surface area contributed by atoms with Crippen molar-refractivity contribution in [1.82, 2.24) is 4.90 Å². The fourth-order valence-corrected chi connectivity index (χ4v) is 2.34. The lowest BCUT2D eigenvalue weighted by molar-refractivity contribution is 0.0580. The van der Waals surface area contributed by atoms with Crippen LogP contribution in [0.5, 0.6) is 0 Å². The first-order valence-corrected chi connectivity index (χ1v) is 6.09. The maximum atomic E-state index is 9.48. The second-order valence-corrected chi connectivity index (χ2v) is 4.70. The first kappa shape index (κ1) is 12.0. The molecule has 0 spiro atoms. The van der Waals surface area contributed by atoms with Crippen molar-refractivity contribution in [1.29, 1.82) is 0 Å². The minimum Gasteiger partial charge on any atom is -0.396 e. The second kappa shape index (κ2) is 5.72. The van der Waals surface area contributed by atoms with Gasteiger partial charge in [0.1, 0.15) is 0 Å².